The second-order valence-corrected chi connectivity index (χ2v) is 3.92. The van der Waals surface area contributed by atoms with Gasteiger partial charge in [0.1, 0.15) is 0 Å². The number of nitrogens with one attached hydrogen (secondary N) is 1. The molecule has 0 radical (unpaired) electrons. The second-order valence-electron chi connectivity index (χ2n) is 3.92. The third kappa shape index (κ3) is 3.63. The Hall–Kier alpha value is -0.120. The molecule has 3 nitrogen and oxygen atoms in total. The molecule has 1 unspecified atom stereocenters. The average Bonchev–Trinajstić information content (AvgIpc) is 2.15. The van der Waals surface area contributed by atoms with E-state index in [4.69, 9.17) is 0 Å². The van der Waals surface area contributed by atoms with Crippen LogP contribution in [0, 0.1) is 0 Å². The SMILES string of the molecule is CCN(CC(C)O)C1CCNCC1. The smallest absolute Gasteiger partial charge is 0.0639 e. The van der Waals surface area contributed by atoms with Crippen LogP contribution in [0.15, 0.2) is 0 Å². The van der Waals surface area contributed by atoms with Gasteiger partial charge in [0.2, 0.25) is 0 Å². The lowest BCUT2D eigenvalue weighted by Gasteiger charge is -2.34. The van der Waals surface area contributed by atoms with Crippen LogP contribution in [0.1, 0.15) is 26.7 Å². The van der Waals surface area contributed by atoms with E-state index in [1.54, 1.807) is 0 Å². The molecule has 1 atom stereocenters. The summed E-state index contributed by atoms with van der Waals surface area (Å²) in [5.41, 5.74) is 0. The predicted molar refractivity (Wildman–Crippen MR) is 54.8 cm³/mol. The van der Waals surface area contributed by atoms with Gasteiger partial charge in [0.15, 0.2) is 0 Å². The number of piperidine rings is 1. The summed E-state index contributed by atoms with van der Waals surface area (Å²) in [7, 11) is 0. The fourth-order valence-electron chi connectivity index (χ4n) is 2.05. The molecule has 0 aromatic heterocycles. The molecule has 3 heteroatoms. The van der Waals surface area contributed by atoms with E-state index in [2.05, 4.69) is 17.1 Å². The second kappa shape index (κ2) is 5.58. The van der Waals surface area contributed by atoms with E-state index in [1.807, 2.05) is 6.92 Å². The lowest BCUT2D eigenvalue weighted by atomic mass is 10.0. The molecule has 0 saturated carbocycles. The van der Waals surface area contributed by atoms with E-state index in [0.717, 1.165) is 26.2 Å². The Kier molecular flexibility index (Phi) is 4.70. The summed E-state index contributed by atoms with van der Waals surface area (Å²) in [6.45, 7) is 8.16. The number of hydrogen-bond acceptors (Lipinski definition) is 3. The minimum absolute atomic E-state index is 0.199. The number of rotatable bonds is 4. The third-order valence-corrected chi connectivity index (χ3v) is 2.73. The summed E-state index contributed by atoms with van der Waals surface area (Å²) < 4.78 is 0. The topological polar surface area (TPSA) is 35.5 Å². The normalized spacial score (nSPS) is 22.2. The van der Waals surface area contributed by atoms with Crippen LogP contribution >= 0.6 is 0 Å². The van der Waals surface area contributed by atoms with Gasteiger partial charge in [0.05, 0.1) is 6.10 Å². The lowest BCUT2D eigenvalue weighted by molar-refractivity contribution is 0.0894. The zero-order valence-electron chi connectivity index (χ0n) is 8.79. The summed E-state index contributed by atoms with van der Waals surface area (Å²) >= 11 is 0. The quantitative estimate of drug-likeness (QED) is 0.669. The summed E-state index contributed by atoms with van der Waals surface area (Å²) in [4.78, 5) is 2.39. The monoisotopic (exact) mass is 186 g/mol. The van der Waals surface area contributed by atoms with Crippen LogP contribution in [0.4, 0.5) is 0 Å². The molecule has 1 rings (SSSR count). The highest BCUT2D eigenvalue weighted by atomic mass is 16.3. The van der Waals surface area contributed by atoms with E-state index in [1.165, 1.54) is 12.8 Å². The van der Waals surface area contributed by atoms with Gasteiger partial charge in [-0.1, -0.05) is 6.92 Å². The maximum absolute atomic E-state index is 9.33. The Labute approximate surface area is 81.1 Å². The number of likely N-dealkylation sites (N-methyl/N-ethyl adjacent to an activating group) is 1. The molecule has 0 amide bonds. The van der Waals surface area contributed by atoms with Crippen molar-refractivity contribution in [2.45, 2.75) is 38.8 Å². The lowest BCUT2D eigenvalue weighted by Crippen LogP contribution is -2.45. The van der Waals surface area contributed by atoms with Crippen molar-refractivity contribution in [3.63, 3.8) is 0 Å². The van der Waals surface area contributed by atoms with Crippen molar-refractivity contribution >= 4 is 0 Å². The highest BCUT2D eigenvalue weighted by Crippen LogP contribution is 2.11. The molecule has 1 heterocycles. The third-order valence-electron chi connectivity index (χ3n) is 2.73. The first kappa shape index (κ1) is 11.0. The molecule has 0 aromatic carbocycles. The van der Waals surface area contributed by atoms with Gasteiger partial charge in [-0.15, -0.1) is 0 Å². The highest BCUT2D eigenvalue weighted by Gasteiger charge is 2.20. The summed E-state index contributed by atoms with van der Waals surface area (Å²) in [6.07, 6.45) is 2.25. The molecule has 0 bridgehead atoms. The van der Waals surface area contributed by atoms with E-state index in [0.29, 0.717) is 6.04 Å². The van der Waals surface area contributed by atoms with Crippen molar-refractivity contribution < 1.29 is 5.11 Å². The minimum Gasteiger partial charge on any atom is -0.392 e. The van der Waals surface area contributed by atoms with Crippen LogP contribution < -0.4 is 5.32 Å². The van der Waals surface area contributed by atoms with E-state index < -0.39 is 0 Å². The van der Waals surface area contributed by atoms with Gasteiger partial charge in [-0.25, -0.2) is 0 Å². The van der Waals surface area contributed by atoms with Gasteiger partial charge >= 0.3 is 0 Å². The van der Waals surface area contributed by atoms with E-state index in [9.17, 15) is 5.11 Å². The Morgan fingerprint density at radius 2 is 2.08 bits per heavy atom. The molecule has 0 aromatic rings. The van der Waals surface area contributed by atoms with Crippen LogP contribution in [0.25, 0.3) is 0 Å². The fourth-order valence-corrected chi connectivity index (χ4v) is 2.05. The van der Waals surface area contributed by atoms with Crippen molar-refractivity contribution in [2.75, 3.05) is 26.2 Å². The van der Waals surface area contributed by atoms with Crippen molar-refractivity contribution in [3.05, 3.63) is 0 Å². The number of hydrogen-bond donors (Lipinski definition) is 2. The van der Waals surface area contributed by atoms with Crippen LogP contribution in [0.3, 0.4) is 0 Å². The van der Waals surface area contributed by atoms with Crippen LogP contribution in [0.2, 0.25) is 0 Å². The zero-order valence-corrected chi connectivity index (χ0v) is 8.79. The summed E-state index contributed by atoms with van der Waals surface area (Å²) in [5.74, 6) is 0. The van der Waals surface area contributed by atoms with Gasteiger partial charge in [0.25, 0.3) is 0 Å². The molecule has 1 aliphatic heterocycles. The Balaban J connectivity index is 2.34. The Morgan fingerprint density at radius 3 is 2.54 bits per heavy atom. The summed E-state index contributed by atoms with van der Waals surface area (Å²) in [5, 5.41) is 12.7. The van der Waals surface area contributed by atoms with Crippen LogP contribution in [0.5, 0.6) is 0 Å². The Morgan fingerprint density at radius 1 is 1.46 bits per heavy atom. The molecule has 1 saturated heterocycles. The molecule has 78 valence electrons. The Bertz CT molecular complexity index is 133. The minimum atomic E-state index is -0.199. The molecule has 1 aliphatic rings. The maximum Gasteiger partial charge on any atom is 0.0639 e. The molecule has 0 spiro atoms. The first-order valence-corrected chi connectivity index (χ1v) is 5.37. The summed E-state index contributed by atoms with van der Waals surface area (Å²) in [6, 6.07) is 0.681. The molecular weight excluding hydrogens is 164 g/mol. The standard InChI is InChI=1S/C10H22N2O/c1-3-12(8-9(2)13)10-4-6-11-7-5-10/h9-11,13H,3-8H2,1-2H3. The fraction of sp³-hybridized carbons (Fsp3) is 1.00. The molecule has 0 aliphatic carbocycles. The van der Waals surface area contributed by atoms with E-state index in [-0.39, 0.29) is 6.10 Å². The predicted octanol–water partition coefficient (Wildman–Crippen LogP) is 0.441. The molecule has 2 N–H and O–H groups in total. The van der Waals surface area contributed by atoms with Crippen molar-refractivity contribution in [1.29, 1.82) is 0 Å². The number of aliphatic hydroxyl groups excluding tert-OH is 1. The van der Waals surface area contributed by atoms with Gasteiger partial charge in [-0.2, -0.15) is 0 Å². The van der Waals surface area contributed by atoms with Gasteiger partial charge in [-0.3, -0.25) is 4.90 Å². The van der Waals surface area contributed by atoms with Gasteiger partial charge in [-0.05, 0) is 39.4 Å². The molecular formula is C10H22N2O. The van der Waals surface area contributed by atoms with Crippen LogP contribution in [-0.4, -0.2) is 48.3 Å². The van der Waals surface area contributed by atoms with Crippen molar-refractivity contribution in [2.24, 2.45) is 0 Å². The zero-order chi connectivity index (χ0) is 9.68. The maximum atomic E-state index is 9.33. The van der Waals surface area contributed by atoms with Crippen LogP contribution in [-0.2, 0) is 0 Å². The average molecular weight is 186 g/mol. The van der Waals surface area contributed by atoms with Gasteiger partial charge < -0.3 is 10.4 Å². The molecule has 13 heavy (non-hydrogen) atoms. The van der Waals surface area contributed by atoms with Crippen molar-refractivity contribution in [1.82, 2.24) is 10.2 Å². The largest absolute Gasteiger partial charge is 0.392 e. The number of aliphatic hydroxyl groups is 1. The first-order valence-electron chi connectivity index (χ1n) is 5.37. The van der Waals surface area contributed by atoms with E-state index >= 15 is 0 Å². The van der Waals surface area contributed by atoms with Gasteiger partial charge in [0, 0.05) is 12.6 Å². The number of nitrogens with zero attached hydrogens (tertiary/aromatic N) is 1. The first-order chi connectivity index (χ1) is 6.24. The van der Waals surface area contributed by atoms with Crippen molar-refractivity contribution in [3.8, 4) is 0 Å². The highest BCUT2D eigenvalue weighted by molar-refractivity contribution is 4.77. The molecule has 1 fully saturated rings.